The Labute approximate surface area is 102 Å². The predicted octanol–water partition coefficient (Wildman–Crippen LogP) is 2.76. The van der Waals surface area contributed by atoms with E-state index in [0.29, 0.717) is 5.56 Å². The van der Waals surface area contributed by atoms with Gasteiger partial charge in [-0.05, 0) is 30.3 Å². The maximum atomic E-state index is 13.5. The van der Waals surface area contributed by atoms with Crippen LogP contribution in [0.15, 0.2) is 42.7 Å². The van der Waals surface area contributed by atoms with Crippen molar-refractivity contribution in [2.45, 2.75) is 6.54 Å². The molecule has 0 aromatic carbocycles. The minimum Gasteiger partial charge on any atom is -0.328 e. The highest BCUT2D eigenvalue weighted by molar-refractivity contribution is 5.75. The van der Waals surface area contributed by atoms with E-state index in [-0.39, 0.29) is 6.54 Å². The number of rotatable bonds is 2. The van der Waals surface area contributed by atoms with Gasteiger partial charge in [-0.1, -0.05) is 0 Å². The third kappa shape index (κ3) is 1.84. The number of hydrogen-bond acceptors (Lipinski definition) is 2. The first-order valence-corrected chi connectivity index (χ1v) is 5.45. The molecule has 3 nitrogen and oxygen atoms in total. The number of pyridine rings is 2. The lowest BCUT2D eigenvalue weighted by Gasteiger charge is -2.05. The molecule has 90 valence electrons. The zero-order chi connectivity index (χ0) is 12.5. The predicted molar refractivity (Wildman–Crippen MR) is 63.0 cm³/mol. The number of aromatic nitrogens is 3. The average Bonchev–Trinajstić information content (AvgIpc) is 2.76. The lowest BCUT2D eigenvalue weighted by Crippen LogP contribution is -2.03. The van der Waals surface area contributed by atoms with Crippen LogP contribution in [0.1, 0.15) is 5.56 Å². The van der Waals surface area contributed by atoms with Crippen molar-refractivity contribution >= 4 is 11.0 Å². The van der Waals surface area contributed by atoms with E-state index in [9.17, 15) is 8.78 Å². The van der Waals surface area contributed by atoms with Gasteiger partial charge in [0.15, 0.2) is 0 Å². The van der Waals surface area contributed by atoms with Crippen LogP contribution in [0, 0.1) is 11.9 Å². The smallest absolute Gasteiger partial charge is 0.220 e. The van der Waals surface area contributed by atoms with E-state index < -0.39 is 11.9 Å². The van der Waals surface area contributed by atoms with Gasteiger partial charge >= 0.3 is 0 Å². The van der Waals surface area contributed by atoms with Crippen LogP contribution in [-0.4, -0.2) is 14.5 Å². The Hall–Kier alpha value is -2.30. The highest BCUT2D eigenvalue weighted by atomic mass is 19.1. The van der Waals surface area contributed by atoms with Crippen molar-refractivity contribution in [1.82, 2.24) is 14.5 Å². The molecule has 0 unspecified atom stereocenters. The maximum Gasteiger partial charge on any atom is 0.220 e. The van der Waals surface area contributed by atoms with Gasteiger partial charge in [0.05, 0.1) is 6.54 Å². The van der Waals surface area contributed by atoms with Crippen molar-refractivity contribution in [1.29, 1.82) is 0 Å². The lowest BCUT2D eigenvalue weighted by atomic mass is 10.2. The van der Waals surface area contributed by atoms with Crippen LogP contribution >= 0.6 is 0 Å². The van der Waals surface area contributed by atoms with Crippen LogP contribution in [0.2, 0.25) is 0 Å². The van der Waals surface area contributed by atoms with Crippen LogP contribution in [0.5, 0.6) is 0 Å². The molecule has 0 bridgehead atoms. The Bertz CT molecular complexity index is 706. The topological polar surface area (TPSA) is 30.7 Å². The van der Waals surface area contributed by atoms with Gasteiger partial charge in [0.2, 0.25) is 11.9 Å². The zero-order valence-electron chi connectivity index (χ0n) is 9.35. The van der Waals surface area contributed by atoms with Gasteiger partial charge in [-0.15, -0.1) is 0 Å². The van der Waals surface area contributed by atoms with Gasteiger partial charge in [-0.3, -0.25) is 0 Å². The summed E-state index contributed by atoms with van der Waals surface area (Å²) in [6, 6.07) is 8.21. The van der Waals surface area contributed by atoms with E-state index in [4.69, 9.17) is 0 Å². The molecule has 0 spiro atoms. The van der Waals surface area contributed by atoms with E-state index >= 15 is 0 Å². The molecule has 0 radical (unpaired) electrons. The second-order valence-corrected chi connectivity index (χ2v) is 3.94. The SMILES string of the molecule is Fc1ccc(Cn2ccc3cccnc32)c(F)n1. The summed E-state index contributed by atoms with van der Waals surface area (Å²) in [5.74, 6) is -1.60. The van der Waals surface area contributed by atoms with E-state index in [1.54, 1.807) is 10.8 Å². The number of halogens is 2. The van der Waals surface area contributed by atoms with Gasteiger partial charge in [0.25, 0.3) is 0 Å². The second kappa shape index (κ2) is 4.18. The van der Waals surface area contributed by atoms with E-state index in [1.807, 2.05) is 24.4 Å². The van der Waals surface area contributed by atoms with Crippen molar-refractivity contribution in [3.05, 3.63) is 60.2 Å². The molecule has 0 aliphatic carbocycles. The molecular formula is C13H9F2N3. The standard InChI is InChI=1S/C13H9F2N3/c14-11-4-3-10(12(15)17-11)8-18-7-5-9-2-1-6-16-13(9)18/h1-7H,8H2. The minimum atomic E-state index is -0.813. The Kier molecular flexibility index (Phi) is 2.51. The molecule has 0 atom stereocenters. The molecule has 0 aliphatic heterocycles. The van der Waals surface area contributed by atoms with Crippen LogP contribution in [-0.2, 0) is 6.54 Å². The summed E-state index contributed by atoms with van der Waals surface area (Å²) in [5.41, 5.74) is 1.10. The van der Waals surface area contributed by atoms with Gasteiger partial charge < -0.3 is 4.57 Å². The van der Waals surface area contributed by atoms with Gasteiger partial charge in [-0.2, -0.15) is 13.8 Å². The summed E-state index contributed by atoms with van der Waals surface area (Å²) in [5, 5.41) is 0.980. The summed E-state index contributed by atoms with van der Waals surface area (Å²) in [7, 11) is 0. The van der Waals surface area contributed by atoms with Crippen molar-refractivity contribution < 1.29 is 8.78 Å². The highest BCUT2D eigenvalue weighted by Crippen LogP contribution is 2.15. The van der Waals surface area contributed by atoms with Gasteiger partial charge in [0, 0.05) is 23.3 Å². The number of hydrogen-bond donors (Lipinski definition) is 0. The first kappa shape index (κ1) is 10.8. The van der Waals surface area contributed by atoms with Crippen LogP contribution in [0.25, 0.3) is 11.0 Å². The highest BCUT2D eigenvalue weighted by Gasteiger charge is 2.08. The Morgan fingerprint density at radius 3 is 2.83 bits per heavy atom. The molecule has 3 heterocycles. The van der Waals surface area contributed by atoms with Crippen molar-refractivity contribution in [2.75, 3.05) is 0 Å². The molecular weight excluding hydrogens is 236 g/mol. The Morgan fingerprint density at radius 1 is 1.11 bits per heavy atom. The van der Waals surface area contributed by atoms with Gasteiger partial charge in [0.1, 0.15) is 5.65 Å². The third-order valence-electron chi connectivity index (χ3n) is 2.76. The largest absolute Gasteiger partial charge is 0.328 e. The molecule has 0 fully saturated rings. The summed E-state index contributed by atoms with van der Waals surface area (Å²) in [4.78, 5) is 7.40. The third-order valence-corrected chi connectivity index (χ3v) is 2.76. The van der Waals surface area contributed by atoms with Crippen LogP contribution in [0.4, 0.5) is 8.78 Å². The molecule has 3 aromatic rings. The van der Waals surface area contributed by atoms with Crippen LogP contribution in [0.3, 0.4) is 0 Å². The lowest BCUT2D eigenvalue weighted by molar-refractivity contribution is 0.499. The fourth-order valence-electron chi connectivity index (χ4n) is 1.89. The summed E-state index contributed by atoms with van der Waals surface area (Å²) in [6.45, 7) is 0.277. The fourth-order valence-corrected chi connectivity index (χ4v) is 1.89. The maximum absolute atomic E-state index is 13.5. The second-order valence-electron chi connectivity index (χ2n) is 3.94. The normalized spacial score (nSPS) is 11.0. The Morgan fingerprint density at radius 2 is 2.00 bits per heavy atom. The zero-order valence-corrected chi connectivity index (χ0v) is 9.35. The number of fused-ring (bicyclic) bond motifs is 1. The molecule has 0 N–H and O–H groups in total. The molecule has 18 heavy (non-hydrogen) atoms. The van der Waals surface area contributed by atoms with Crippen molar-refractivity contribution in [2.24, 2.45) is 0 Å². The summed E-state index contributed by atoms with van der Waals surface area (Å²) >= 11 is 0. The van der Waals surface area contributed by atoms with Crippen molar-refractivity contribution in [3.63, 3.8) is 0 Å². The molecule has 3 aromatic heterocycles. The van der Waals surface area contributed by atoms with E-state index in [2.05, 4.69) is 9.97 Å². The Balaban J connectivity index is 2.01. The average molecular weight is 245 g/mol. The molecule has 0 amide bonds. The molecule has 5 heteroatoms. The van der Waals surface area contributed by atoms with Crippen LogP contribution < -0.4 is 0 Å². The van der Waals surface area contributed by atoms with Crippen molar-refractivity contribution in [3.8, 4) is 0 Å². The summed E-state index contributed by atoms with van der Waals surface area (Å²) in [6.07, 6.45) is 3.50. The fraction of sp³-hybridized carbons (Fsp3) is 0.0769. The number of nitrogens with zero attached hydrogens (tertiary/aromatic N) is 3. The monoisotopic (exact) mass is 245 g/mol. The first-order chi connectivity index (χ1) is 8.74. The molecule has 3 rings (SSSR count). The van der Waals surface area contributed by atoms with Gasteiger partial charge in [-0.25, -0.2) is 4.98 Å². The minimum absolute atomic E-state index is 0.277. The molecule has 0 saturated heterocycles. The molecule has 0 saturated carbocycles. The molecule has 0 aliphatic rings. The first-order valence-electron chi connectivity index (χ1n) is 5.45. The van der Waals surface area contributed by atoms with E-state index in [0.717, 1.165) is 17.1 Å². The quantitative estimate of drug-likeness (QED) is 0.650. The summed E-state index contributed by atoms with van der Waals surface area (Å²) < 4.78 is 28.0. The van der Waals surface area contributed by atoms with E-state index in [1.165, 1.54) is 6.07 Å².